The summed E-state index contributed by atoms with van der Waals surface area (Å²) in [6, 6.07) is 18.0. The van der Waals surface area contributed by atoms with E-state index < -0.39 is 17.7 Å². The van der Waals surface area contributed by atoms with E-state index in [1.807, 2.05) is 0 Å². The van der Waals surface area contributed by atoms with Crippen LogP contribution in [0, 0.1) is 0 Å². The number of hydrogen-bond donors (Lipinski definition) is 1. The van der Waals surface area contributed by atoms with Gasteiger partial charge in [-0.15, -0.1) is 0 Å². The van der Waals surface area contributed by atoms with E-state index in [1.54, 1.807) is 73.8 Å². The average Bonchev–Trinajstić information content (AvgIpc) is 3.13. The van der Waals surface area contributed by atoms with Crippen LogP contribution in [0.25, 0.3) is 5.76 Å². The molecule has 0 aliphatic carbocycles. The van der Waals surface area contributed by atoms with Gasteiger partial charge in [0.1, 0.15) is 11.5 Å². The number of ketones is 1. The van der Waals surface area contributed by atoms with Crippen molar-refractivity contribution in [2.45, 2.75) is 12.6 Å². The number of benzene rings is 3. The van der Waals surface area contributed by atoms with Crippen molar-refractivity contribution in [2.24, 2.45) is 0 Å². The van der Waals surface area contributed by atoms with Gasteiger partial charge in [0.2, 0.25) is 0 Å². The first-order chi connectivity index (χ1) is 16.9. The van der Waals surface area contributed by atoms with Crippen LogP contribution in [0.2, 0.25) is 5.02 Å². The average molecular weight is 494 g/mol. The molecule has 1 saturated heterocycles. The summed E-state index contributed by atoms with van der Waals surface area (Å²) in [6.07, 6.45) is 0. The number of aliphatic hydroxyl groups excluding tert-OH is 1. The molecule has 1 amide bonds. The van der Waals surface area contributed by atoms with Gasteiger partial charge in [-0.1, -0.05) is 41.9 Å². The maximum absolute atomic E-state index is 13.2. The fourth-order valence-electron chi connectivity index (χ4n) is 4.14. The van der Waals surface area contributed by atoms with Crippen LogP contribution in [0.4, 0.5) is 0 Å². The molecule has 0 radical (unpaired) electrons. The Morgan fingerprint density at radius 3 is 2.26 bits per heavy atom. The van der Waals surface area contributed by atoms with E-state index in [2.05, 4.69) is 0 Å². The molecule has 1 N–H and O–H groups in total. The van der Waals surface area contributed by atoms with Gasteiger partial charge in [-0.05, 0) is 47.5 Å². The monoisotopic (exact) mass is 493 g/mol. The van der Waals surface area contributed by atoms with Gasteiger partial charge in [0.15, 0.2) is 11.5 Å². The normalized spacial score (nSPS) is 16.9. The second-order valence-corrected chi connectivity index (χ2v) is 8.34. The quantitative estimate of drug-likeness (QED) is 0.283. The van der Waals surface area contributed by atoms with Crippen LogP contribution in [0.5, 0.6) is 17.2 Å². The van der Waals surface area contributed by atoms with E-state index in [0.717, 1.165) is 5.56 Å². The third-order valence-corrected chi connectivity index (χ3v) is 6.11. The lowest BCUT2D eigenvalue weighted by Gasteiger charge is -2.26. The van der Waals surface area contributed by atoms with E-state index in [-0.39, 0.29) is 17.9 Å². The van der Waals surface area contributed by atoms with Crippen LogP contribution in [0.3, 0.4) is 0 Å². The molecule has 0 bridgehead atoms. The highest BCUT2D eigenvalue weighted by atomic mass is 35.5. The van der Waals surface area contributed by atoms with Gasteiger partial charge in [-0.25, -0.2) is 0 Å². The minimum atomic E-state index is -0.826. The van der Waals surface area contributed by atoms with Gasteiger partial charge >= 0.3 is 0 Å². The first-order valence-corrected chi connectivity index (χ1v) is 11.1. The Kier molecular flexibility index (Phi) is 6.98. The van der Waals surface area contributed by atoms with Crippen molar-refractivity contribution < 1.29 is 28.9 Å². The highest BCUT2D eigenvalue weighted by Crippen LogP contribution is 2.41. The summed E-state index contributed by atoms with van der Waals surface area (Å²) in [4.78, 5) is 27.9. The van der Waals surface area contributed by atoms with Crippen LogP contribution in [0.1, 0.15) is 22.7 Å². The number of nitrogens with zero attached hydrogens (tertiary/aromatic N) is 1. The molecule has 1 atom stereocenters. The number of amides is 1. The molecule has 3 aromatic rings. The van der Waals surface area contributed by atoms with Crippen LogP contribution in [-0.4, -0.2) is 43.0 Å². The molecule has 0 aromatic heterocycles. The molecule has 8 heteroatoms. The number of aliphatic hydroxyl groups is 1. The van der Waals surface area contributed by atoms with Crippen molar-refractivity contribution in [1.82, 2.24) is 4.90 Å². The van der Waals surface area contributed by atoms with E-state index in [0.29, 0.717) is 33.4 Å². The maximum atomic E-state index is 13.2. The molecular weight excluding hydrogens is 470 g/mol. The molecule has 1 unspecified atom stereocenters. The Balaban J connectivity index is 1.84. The Labute approximate surface area is 208 Å². The fourth-order valence-corrected chi connectivity index (χ4v) is 4.33. The Morgan fingerprint density at radius 2 is 1.63 bits per heavy atom. The van der Waals surface area contributed by atoms with Gasteiger partial charge in [-0.3, -0.25) is 9.59 Å². The Hall–Kier alpha value is -3.97. The number of rotatable bonds is 7. The van der Waals surface area contributed by atoms with Crippen LogP contribution >= 0.6 is 11.6 Å². The SMILES string of the molecule is COc1ccc(C2/C(=C(\O)c3cccc(Cl)c3)C(=O)C(=O)N2Cc2ccc(OC)c(OC)c2)cc1. The van der Waals surface area contributed by atoms with Crippen molar-refractivity contribution in [3.8, 4) is 17.2 Å². The zero-order valence-corrected chi connectivity index (χ0v) is 20.2. The van der Waals surface area contributed by atoms with E-state index in [4.69, 9.17) is 25.8 Å². The standard InChI is InChI=1S/C27H24ClNO6/c1-33-20-10-8-17(9-11-20)24-23(25(30)18-5-4-6-19(28)14-18)26(31)27(32)29(24)15-16-7-12-21(34-2)22(13-16)35-3/h4-14,24,30H,15H2,1-3H3/b25-23+. The zero-order valence-electron chi connectivity index (χ0n) is 19.4. The molecule has 180 valence electrons. The third-order valence-electron chi connectivity index (χ3n) is 5.87. The van der Waals surface area contributed by atoms with Crippen molar-refractivity contribution in [3.05, 3.63) is 94.0 Å². The maximum Gasteiger partial charge on any atom is 0.295 e. The van der Waals surface area contributed by atoms with Crippen molar-refractivity contribution in [1.29, 1.82) is 0 Å². The lowest BCUT2D eigenvalue weighted by atomic mass is 9.95. The predicted octanol–water partition coefficient (Wildman–Crippen LogP) is 4.99. The summed E-state index contributed by atoms with van der Waals surface area (Å²) in [5.74, 6) is -0.109. The fraction of sp³-hybridized carbons (Fsp3) is 0.185. The number of halogens is 1. The molecule has 4 rings (SSSR count). The van der Waals surface area contributed by atoms with Crippen molar-refractivity contribution in [2.75, 3.05) is 21.3 Å². The molecular formula is C27H24ClNO6. The zero-order chi connectivity index (χ0) is 25.1. The van der Waals surface area contributed by atoms with Crippen LogP contribution < -0.4 is 14.2 Å². The first kappa shape index (κ1) is 24.2. The summed E-state index contributed by atoms with van der Waals surface area (Å²) in [5, 5.41) is 11.6. The summed E-state index contributed by atoms with van der Waals surface area (Å²) in [5.41, 5.74) is 1.71. The lowest BCUT2D eigenvalue weighted by molar-refractivity contribution is -0.140. The Bertz CT molecular complexity index is 1300. The number of hydrogen-bond acceptors (Lipinski definition) is 6. The number of likely N-dealkylation sites (tertiary alicyclic amines) is 1. The number of Topliss-reactive ketones (excluding diaryl/α,β-unsaturated/α-hetero) is 1. The van der Waals surface area contributed by atoms with Gasteiger partial charge < -0.3 is 24.2 Å². The first-order valence-electron chi connectivity index (χ1n) is 10.8. The summed E-state index contributed by atoms with van der Waals surface area (Å²) >= 11 is 6.10. The second-order valence-electron chi connectivity index (χ2n) is 7.90. The van der Waals surface area contributed by atoms with Crippen molar-refractivity contribution >= 4 is 29.1 Å². The number of ether oxygens (including phenoxy) is 3. The minimum Gasteiger partial charge on any atom is -0.507 e. The van der Waals surface area contributed by atoms with Gasteiger partial charge in [0, 0.05) is 17.1 Å². The Morgan fingerprint density at radius 1 is 0.914 bits per heavy atom. The third kappa shape index (κ3) is 4.68. The van der Waals surface area contributed by atoms with Gasteiger partial charge in [0.05, 0.1) is 32.9 Å². The van der Waals surface area contributed by atoms with E-state index in [9.17, 15) is 14.7 Å². The number of carbonyl (C=O) groups is 2. The molecule has 0 spiro atoms. The molecule has 3 aromatic carbocycles. The summed E-state index contributed by atoms with van der Waals surface area (Å²) < 4.78 is 15.9. The minimum absolute atomic E-state index is 0.0112. The molecule has 1 aliphatic rings. The molecule has 1 fully saturated rings. The lowest BCUT2D eigenvalue weighted by Crippen LogP contribution is -2.29. The molecule has 1 heterocycles. The molecule has 0 saturated carbocycles. The number of methoxy groups -OCH3 is 3. The molecule has 35 heavy (non-hydrogen) atoms. The van der Waals surface area contributed by atoms with Crippen molar-refractivity contribution in [3.63, 3.8) is 0 Å². The topological polar surface area (TPSA) is 85.3 Å². The van der Waals surface area contributed by atoms with E-state index in [1.165, 1.54) is 19.1 Å². The van der Waals surface area contributed by atoms with Gasteiger partial charge in [0.25, 0.3) is 11.7 Å². The van der Waals surface area contributed by atoms with Gasteiger partial charge in [-0.2, -0.15) is 0 Å². The predicted molar refractivity (Wildman–Crippen MR) is 132 cm³/mol. The van der Waals surface area contributed by atoms with Crippen LogP contribution in [0.15, 0.2) is 72.3 Å². The molecule has 7 nitrogen and oxygen atoms in total. The highest BCUT2D eigenvalue weighted by Gasteiger charge is 2.46. The number of carbonyl (C=O) groups excluding carboxylic acids is 2. The second kappa shape index (κ2) is 10.1. The van der Waals surface area contributed by atoms with Crippen LogP contribution in [-0.2, 0) is 16.1 Å². The summed E-state index contributed by atoms with van der Waals surface area (Å²) in [6.45, 7) is 0.105. The molecule has 1 aliphatic heterocycles. The largest absolute Gasteiger partial charge is 0.507 e. The highest BCUT2D eigenvalue weighted by molar-refractivity contribution is 6.46. The smallest absolute Gasteiger partial charge is 0.295 e. The summed E-state index contributed by atoms with van der Waals surface area (Å²) in [7, 11) is 4.61. The van der Waals surface area contributed by atoms with E-state index >= 15 is 0 Å².